The molecule has 0 aliphatic heterocycles. The Morgan fingerprint density at radius 3 is 2.85 bits per heavy atom. The molecular weight excluding hydrogens is 248 g/mol. The second kappa shape index (κ2) is 3.89. The number of halogens is 1. The molecule has 0 radical (unpaired) electrons. The van der Waals surface area contributed by atoms with Crippen molar-refractivity contribution in [3.8, 4) is 0 Å². The Hall–Kier alpha value is -0.870. The van der Waals surface area contributed by atoms with E-state index in [1.165, 1.54) is 0 Å². The molecule has 2 rings (SSSR count). The SMILES string of the molecule is Brc1ccc(Nc2cccs2)nc1. The summed E-state index contributed by atoms with van der Waals surface area (Å²) >= 11 is 4.99. The molecule has 66 valence electrons. The second-order valence-electron chi connectivity index (χ2n) is 2.46. The van der Waals surface area contributed by atoms with Crippen LogP contribution in [0, 0.1) is 0 Å². The van der Waals surface area contributed by atoms with Gasteiger partial charge in [-0.3, -0.25) is 0 Å². The van der Waals surface area contributed by atoms with Gasteiger partial charge in [-0.2, -0.15) is 0 Å². The molecule has 4 heteroatoms. The normalized spacial score (nSPS) is 9.92. The van der Waals surface area contributed by atoms with Gasteiger partial charge in [-0.05, 0) is 45.6 Å². The third-order valence-electron chi connectivity index (χ3n) is 1.50. The Bertz CT molecular complexity index is 369. The van der Waals surface area contributed by atoms with Gasteiger partial charge in [0.15, 0.2) is 0 Å². The van der Waals surface area contributed by atoms with Gasteiger partial charge in [0.1, 0.15) is 5.82 Å². The maximum Gasteiger partial charge on any atom is 0.130 e. The number of nitrogens with zero attached hydrogens (tertiary/aromatic N) is 1. The van der Waals surface area contributed by atoms with E-state index in [1.54, 1.807) is 17.5 Å². The maximum atomic E-state index is 4.20. The van der Waals surface area contributed by atoms with Gasteiger partial charge < -0.3 is 5.32 Å². The van der Waals surface area contributed by atoms with E-state index in [4.69, 9.17) is 0 Å². The molecule has 0 fully saturated rings. The zero-order chi connectivity index (χ0) is 9.10. The molecule has 0 aliphatic rings. The zero-order valence-electron chi connectivity index (χ0n) is 6.70. The van der Waals surface area contributed by atoms with Crippen LogP contribution in [0.5, 0.6) is 0 Å². The summed E-state index contributed by atoms with van der Waals surface area (Å²) in [6.45, 7) is 0. The fraction of sp³-hybridized carbons (Fsp3) is 0. The Morgan fingerprint density at radius 2 is 2.23 bits per heavy atom. The smallest absolute Gasteiger partial charge is 0.130 e. The van der Waals surface area contributed by atoms with Crippen molar-refractivity contribution in [2.75, 3.05) is 5.32 Å². The van der Waals surface area contributed by atoms with Gasteiger partial charge in [-0.15, -0.1) is 11.3 Å². The first kappa shape index (κ1) is 8.72. The molecular formula is C9H7BrN2S. The fourth-order valence-electron chi connectivity index (χ4n) is 0.926. The summed E-state index contributed by atoms with van der Waals surface area (Å²) in [5.41, 5.74) is 0. The molecule has 0 unspecified atom stereocenters. The van der Waals surface area contributed by atoms with E-state index in [2.05, 4.69) is 26.2 Å². The molecule has 13 heavy (non-hydrogen) atoms. The Labute approximate surface area is 88.8 Å². The number of anilines is 2. The molecule has 0 saturated heterocycles. The van der Waals surface area contributed by atoms with Crippen molar-refractivity contribution in [3.63, 3.8) is 0 Å². The third kappa shape index (κ3) is 2.29. The van der Waals surface area contributed by atoms with E-state index in [1.807, 2.05) is 29.6 Å². The summed E-state index contributed by atoms with van der Waals surface area (Å²) in [7, 11) is 0. The summed E-state index contributed by atoms with van der Waals surface area (Å²) < 4.78 is 0.990. The van der Waals surface area contributed by atoms with Crippen molar-refractivity contribution >= 4 is 38.1 Å². The summed E-state index contributed by atoms with van der Waals surface area (Å²) in [5.74, 6) is 0.866. The van der Waals surface area contributed by atoms with Crippen LogP contribution in [0.4, 0.5) is 10.8 Å². The second-order valence-corrected chi connectivity index (χ2v) is 4.33. The molecule has 2 aromatic heterocycles. The Morgan fingerprint density at radius 1 is 1.31 bits per heavy atom. The van der Waals surface area contributed by atoms with Gasteiger partial charge in [-0.25, -0.2) is 4.98 Å². The molecule has 0 saturated carbocycles. The predicted molar refractivity (Wildman–Crippen MR) is 59.5 cm³/mol. The fourth-order valence-corrected chi connectivity index (χ4v) is 1.78. The van der Waals surface area contributed by atoms with Gasteiger partial charge in [-0.1, -0.05) is 0 Å². The quantitative estimate of drug-likeness (QED) is 0.885. The van der Waals surface area contributed by atoms with Crippen molar-refractivity contribution < 1.29 is 0 Å². The van der Waals surface area contributed by atoms with Crippen LogP contribution in [0.25, 0.3) is 0 Å². The van der Waals surface area contributed by atoms with E-state index >= 15 is 0 Å². The Kier molecular flexibility index (Phi) is 2.61. The van der Waals surface area contributed by atoms with E-state index in [0.29, 0.717) is 0 Å². The van der Waals surface area contributed by atoms with Crippen LogP contribution >= 0.6 is 27.3 Å². The third-order valence-corrected chi connectivity index (χ3v) is 2.75. The van der Waals surface area contributed by atoms with E-state index < -0.39 is 0 Å². The highest BCUT2D eigenvalue weighted by Gasteiger charge is 1.95. The molecule has 0 atom stereocenters. The lowest BCUT2D eigenvalue weighted by Crippen LogP contribution is -1.89. The minimum absolute atomic E-state index is 0.866. The number of hydrogen-bond acceptors (Lipinski definition) is 3. The van der Waals surface area contributed by atoms with E-state index in [0.717, 1.165) is 15.3 Å². The van der Waals surface area contributed by atoms with Crippen molar-refractivity contribution in [2.24, 2.45) is 0 Å². The topological polar surface area (TPSA) is 24.9 Å². The number of hydrogen-bond donors (Lipinski definition) is 1. The predicted octanol–water partition coefficient (Wildman–Crippen LogP) is 3.65. The highest BCUT2D eigenvalue weighted by molar-refractivity contribution is 9.10. The summed E-state index contributed by atoms with van der Waals surface area (Å²) in [5, 5.41) is 6.33. The summed E-state index contributed by atoms with van der Waals surface area (Å²) in [6.07, 6.45) is 1.77. The van der Waals surface area contributed by atoms with Crippen molar-refractivity contribution in [1.82, 2.24) is 4.98 Å². The molecule has 2 nitrogen and oxygen atoms in total. The largest absolute Gasteiger partial charge is 0.332 e. The minimum atomic E-state index is 0.866. The molecule has 0 aromatic carbocycles. The first-order chi connectivity index (χ1) is 6.34. The van der Waals surface area contributed by atoms with Crippen LogP contribution in [-0.2, 0) is 0 Å². The van der Waals surface area contributed by atoms with Crippen LogP contribution in [0.2, 0.25) is 0 Å². The first-order valence-electron chi connectivity index (χ1n) is 3.77. The van der Waals surface area contributed by atoms with Gasteiger partial charge in [0.25, 0.3) is 0 Å². The monoisotopic (exact) mass is 254 g/mol. The van der Waals surface area contributed by atoms with E-state index in [9.17, 15) is 0 Å². The molecule has 0 bridgehead atoms. The lowest BCUT2D eigenvalue weighted by Gasteiger charge is -2.00. The summed E-state index contributed by atoms with van der Waals surface area (Å²) in [6, 6.07) is 7.92. The minimum Gasteiger partial charge on any atom is -0.332 e. The highest BCUT2D eigenvalue weighted by Crippen LogP contribution is 2.20. The molecule has 0 aliphatic carbocycles. The van der Waals surface area contributed by atoms with Crippen LogP contribution in [0.15, 0.2) is 40.3 Å². The zero-order valence-corrected chi connectivity index (χ0v) is 9.10. The van der Waals surface area contributed by atoms with Crippen LogP contribution < -0.4 is 5.32 Å². The number of rotatable bonds is 2. The van der Waals surface area contributed by atoms with E-state index in [-0.39, 0.29) is 0 Å². The first-order valence-corrected chi connectivity index (χ1v) is 5.44. The average molecular weight is 255 g/mol. The number of pyridine rings is 1. The van der Waals surface area contributed by atoms with Crippen LogP contribution in [0.3, 0.4) is 0 Å². The number of thiophene rings is 1. The molecule has 0 amide bonds. The average Bonchev–Trinajstić information content (AvgIpc) is 2.62. The lowest BCUT2D eigenvalue weighted by molar-refractivity contribution is 1.30. The summed E-state index contributed by atoms with van der Waals surface area (Å²) in [4.78, 5) is 4.20. The van der Waals surface area contributed by atoms with Crippen LogP contribution in [-0.4, -0.2) is 4.98 Å². The van der Waals surface area contributed by atoms with Crippen molar-refractivity contribution in [3.05, 3.63) is 40.3 Å². The van der Waals surface area contributed by atoms with Gasteiger partial charge in [0, 0.05) is 10.7 Å². The van der Waals surface area contributed by atoms with Gasteiger partial charge in [0.2, 0.25) is 0 Å². The van der Waals surface area contributed by atoms with Crippen molar-refractivity contribution in [1.29, 1.82) is 0 Å². The number of aromatic nitrogens is 1. The molecule has 2 heterocycles. The van der Waals surface area contributed by atoms with Crippen molar-refractivity contribution in [2.45, 2.75) is 0 Å². The number of nitrogens with one attached hydrogen (secondary N) is 1. The molecule has 0 spiro atoms. The standard InChI is InChI=1S/C9H7BrN2S/c10-7-3-4-8(11-6-7)12-9-2-1-5-13-9/h1-6H,(H,11,12). The Balaban J connectivity index is 2.15. The van der Waals surface area contributed by atoms with Gasteiger partial charge in [0.05, 0.1) is 5.00 Å². The molecule has 1 N–H and O–H groups in total. The molecule has 2 aromatic rings. The maximum absolute atomic E-state index is 4.20. The highest BCUT2D eigenvalue weighted by atomic mass is 79.9. The van der Waals surface area contributed by atoms with Crippen LogP contribution in [0.1, 0.15) is 0 Å². The lowest BCUT2D eigenvalue weighted by atomic mass is 10.4. The van der Waals surface area contributed by atoms with Gasteiger partial charge >= 0.3 is 0 Å².